The highest BCUT2D eigenvalue weighted by Crippen LogP contribution is 2.31. The molecule has 0 saturated carbocycles. The van der Waals surface area contributed by atoms with Gasteiger partial charge in [0.15, 0.2) is 11.5 Å². The van der Waals surface area contributed by atoms with E-state index in [-0.39, 0.29) is 5.24 Å². The lowest BCUT2D eigenvalue weighted by atomic mass is 10.3. The minimum Gasteiger partial charge on any atom is -0.489 e. The van der Waals surface area contributed by atoms with E-state index in [0.29, 0.717) is 23.9 Å². The van der Waals surface area contributed by atoms with Gasteiger partial charge in [-0.1, -0.05) is 42.1 Å². The topological polar surface area (TPSA) is 47.6 Å². The molecule has 0 aromatic heterocycles. The summed E-state index contributed by atoms with van der Waals surface area (Å²) in [5, 5.41) is 2.49. The minimum absolute atomic E-state index is 0.0626. The van der Waals surface area contributed by atoms with Gasteiger partial charge in [-0.05, 0) is 24.3 Å². The second-order valence-electron chi connectivity index (χ2n) is 4.10. The third-order valence-electron chi connectivity index (χ3n) is 2.60. The lowest BCUT2D eigenvalue weighted by Gasteiger charge is -2.12. The van der Waals surface area contributed by atoms with E-state index in [1.165, 1.54) is 11.8 Å². The van der Waals surface area contributed by atoms with Crippen molar-refractivity contribution in [3.63, 3.8) is 0 Å². The van der Waals surface area contributed by atoms with Crippen molar-refractivity contribution in [3.05, 3.63) is 54.6 Å². The smallest absolute Gasteiger partial charge is 0.278 e. The number of nitrogens with one attached hydrogen (secondary N) is 1. The molecule has 5 heteroatoms. The van der Waals surface area contributed by atoms with Crippen molar-refractivity contribution in [2.45, 2.75) is 0 Å². The number of carbonyl (C=O) groups excluding carboxylic acids is 1. The first kappa shape index (κ1) is 15.3. The summed E-state index contributed by atoms with van der Waals surface area (Å²) in [5.41, 5.74) is 0. The Labute approximate surface area is 128 Å². The number of carbonyl (C=O) groups is 1. The Morgan fingerprint density at radius 3 is 2.43 bits per heavy atom. The maximum absolute atomic E-state index is 11.1. The van der Waals surface area contributed by atoms with E-state index in [0.717, 1.165) is 5.75 Å². The molecule has 0 radical (unpaired) electrons. The number of ether oxygens (including phenoxy) is 2. The van der Waals surface area contributed by atoms with Crippen molar-refractivity contribution in [1.82, 2.24) is 5.32 Å². The molecular weight excluding hydrogens is 286 g/mol. The van der Waals surface area contributed by atoms with Crippen LogP contribution in [0.4, 0.5) is 4.79 Å². The Hall–Kier alpha value is -2.14. The average molecular weight is 303 g/mol. The summed E-state index contributed by atoms with van der Waals surface area (Å²) in [6, 6.07) is 17.0. The van der Waals surface area contributed by atoms with Crippen LogP contribution in [0.1, 0.15) is 0 Å². The largest absolute Gasteiger partial charge is 0.489 e. The van der Waals surface area contributed by atoms with Crippen LogP contribution in [0.2, 0.25) is 0 Å². The molecule has 0 heterocycles. The van der Waals surface area contributed by atoms with Gasteiger partial charge >= 0.3 is 0 Å². The monoisotopic (exact) mass is 303 g/mol. The van der Waals surface area contributed by atoms with Crippen molar-refractivity contribution in [1.29, 1.82) is 0 Å². The molecule has 2 rings (SSSR count). The molecule has 110 valence electrons. The Bertz CT molecular complexity index is 575. The second kappa shape index (κ2) is 8.21. The number of thioether (sulfide) groups is 1. The number of rotatable bonds is 6. The molecule has 21 heavy (non-hydrogen) atoms. The predicted octanol–water partition coefficient (Wildman–Crippen LogP) is 3.93. The molecule has 0 spiro atoms. The van der Waals surface area contributed by atoms with E-state index in [4.69, 9.17) is 9.47 Å². The molecule has 1 N–H and O–H groups in total. The van der Waals surface area contributed by atoms with Crippen molar-refractivity contribution in [3.8, 4) is 17.2 Å². The molecule has 0 atom stereocenters. The summed E-state index contributed by atoms with van der Waals surface area (Å²) >= 11 is 1.19. The SMILES string of the molecule is CNC(=O)SCCOc1ccccc1Oc1ccccc1. The molecule has 4 nitrogen and oxygen atoms in total. The maximum atomic E-state index is 11.1. The van der Waals surface area contributed by atoms with E-state index in [2.05, 4.69) is 5.32 Å². The highest BCUT2D eigenvalue weighted by Gasteiger charge is 2.06. The maximum Gasteiger partial charge on any atom is 0.278 e. The van der Waals surface area contributed by atoms with Crippen LogP contribution in [0.15, 0.2) is 54.6 Å². The van der Waals surface area contributed by atoms with Gasteiger partial charge in [-0.3, -0.25) is 4.79 Å². The third kappa shape index (κ3) is 5.04. The quantitative estimate of drug-likeness (QED) is 0.821. The Balaban J connectivity index is 1.92. The first-order valence-electron chi connectivity index (χ1n) is 6.59. The minimum atomic E-state index is -0.0626. The second-order valence-corrected chi connectivity index (χ2v) is 5.16. The fraction of sp³-hybridized carbons (Fsp3) is 0.188. The van der Waals surface area contributed by atoms with Gasteiger partial charge in [0.1, 0.15) is 5.75 Å². The first-order chi connectivity index (χ1) is 10.3. The zero-order valence-electron chi connectivity index (χ0n) is 11.7. The number of hydrogen-bond acceptors (Lipinski definition) is 4. The molecule has 2 aromatic carbocycles. The van der Waals surface area contributed by atoms with Crippen LogP contribution >= 0.6 is 11.8 Å². The van der Waals surface area contributed by atoms with Crippen molar-refractivity contribution < 1.29 is 14.3 Å². The molecule has 0 aliphatic rings. The molecule has 2 aromatic rings. The zero-order chi connectivity index (χ0) is 14.9. The summed E-state index contributed by atoms with van der Waals surface area (Å²) in [6.07, 6.45) is 0. The van der Waals surface area contributed by atoms with Crippen LogP contribution in [-0.4, -0.2) is 24.6 Å². The van der Waals surface area contributed by atoms with E-state index in [9.17, 15) is 4.79 Å². The van der Waals surface area contributed by atoms with Gasteiger partial charge in [0, 0.05) is 12.8 Å². The van der Waals surface area contributed by atoms with Gasteiger partial charge in [0.2, 0.25) is 0 Å². The fourth-order valence-corrected chi connectivity index (χ4v) is 2.12. The standard InChI is InChI=1S/C16H17NO3S/c1-17-16(18)21-12-11-19-14-9-5-6-10-15(14)20-13-7-3-2-4-8-13/h2-10H,11-12H2,1H3,(H,17,18). The Morgan fingerprint density at radius 1 is 1.05 bits per heavy atom. The molecule has 0 saturated heterocycles. The van der Waals surface area contributed by atoms with Crippen molar-refractivity contribution >= 4 is 17.0 Å². The Kier molecular flexibility index (Phi) is 5.97. The molecule has 0 aliphatic carbocycles. The first-order valence-corrected chi connectivity index (χ1v) is 7.57. The summed E-state index contributed by atoms with van der Waals surface area (Å²) in [5.74, 6) is 2.67. The molecular formula is C16H17NO3S. The van der Waals surface area contributed by atoms with Gasteiger partial charge in [-0.2, -0.15) is 0 Å². The van der Waals surface area contributed by atoms with Gasteiger partial charge in [-0.15, -0.1) is 0 Å². The molecule has 0 bridgehead atoms. The molecule has 0 fully saturated rings. The van der Waals surface area contributed by atoms with Crippen molar-refractivity contribution in [2.24, 2.45) is 0 Å². The summed E-state index contributed by atoms with van der Waals surface area (Å²) in [7, 11) is 1.61. The highest BCUT2D eigenvalue weighted by molar-refractivity contribution is 8.13. The van der Waals surface area contributed by atoms with Crippen LogP contribution < -0.4 is 14.8 Å². The lowest BCUT2D eigenvalue weighted by Crippen LogP contribution is -2.13. The molecule has 0 aliphatic heterocycles. The number of hydrogen-bond donors (Lipinski definition) is 1. The predicted molar refractivity (Wildman–Crippen MR) is 85.4 cm³/mol. The van der Waals surface area contributed by atoms with Crippen LogP contribution in [0.5, 0.6) is 17.2 Å². The van der Waals surface area contributed by atoms with Gasteiger partial charge < -0.3 is 14.8 Å². The van der Waals surface area contributed by atoms with Crippen LogP contribution in [0.3, 0.4) is 0 Å². The van der Waals surface area contributed by atoms with E-state index >= 15 is 0 Å². The summed E-state index contributed by atoms with van der Waals surface area (Å²) in [6.45, 7) is 0.438. The van der Waals surface area contributed by atoms with Gasteiger partial charge in [-0.25, -0.2) is 0 Å². The van der Waals surface area contributed by atoms with E-state index < -0.39 is 0 Å². The normalized spacial score (nSPS) is 9.95. The van der Waals surface area contributed by atoms with E-state index in [1.807, 2.05) is 54.6 Å². The van der Waals surface area contributed by atoms with Gasteiger partial charge in [0.05, 0.1) is 6.61 Å². The summed E-state index contributed by atoms with van der Waals surface area (Å²) in [4.78, 5) is 11.1. The number of amides is 1. The van der Waals surface area contributed by atoms with Crippen LogP contribution in [-0.2, 0) is 0 Å². The zero-order valence-corrected chi connectivity index (χ0v) is 12.6. The molecule has 0 unspecified atom stereocenters. The van der Waals surface area contributed by atoms with Crippen LogP contribution in [0, 0.1) is 0 Å². The van der Waals surface area contributed by atoms with Crippen molar-refractivity contribution in [2.75, 3.05) is 19.4 Å². The lowest BCUT2D eigenvalue weighted by molar-refractivity contribution is 0.262. The Morgan fingerprint density at radius 2 is 1.71 bits per heavy atom. The molecule has 1 amide bonds. The summed E-state index contributed by atoms with van der Waals surface area (Å²) < 4.78 is 11.5. The third-order valence-corrected chi connectivity index (χ3v) is 3.44. The van der Waals surface area contributed by atoms with Gasteiger partial charge in [0.25, 0.3) is 5.24 Å². The highest BCUT2D eigenvalue weighted by atomic mass is 32.2. The fourth-order valence-electron chi connectivity index (χ4n) is 1.63. The number of para-hydroxylation sites is 3. The number of benzene rings is 2. The van der Waals surface area contributed by atoms with Crippen LogP contribution in [0.25, 0.3) is 0 Å². The average Bonchev–Trinajstić information content (AvgIpc) is 2.53. The van der Waals surface area contributed by atoms with E-state index in [1.54, 1.807) is 7.05 Å².